The molecule has 0 aliphatic rings. The predicted molar refractivity (Wildman–Crippen MR) is 110 cm³/mol. The van der Waals surface area contributed by atoms with E-state index in [9.17, 15) is 9.59 Å². The average molecular weight is 362 g/mol. The van der Waals surface area contributed by atoms with Gasteiger partial charge in [-0.15, -0.1) is 0 Å². The number of amides is 1. The van der Waals surface area contributed by atoms with Crippen LogP contribution in [-0.2, 0) is 17.9 Å². The predicted octanol–water partition coefficient (Wildman–Crippen LogP) is 4.39. The molecule has 0 fully saturated rings. The zero-order chi connectivity index (χ0) is 19.6. The van der Waals surface area contributed by atoms with Gasteiger partial charge >= 0.3 is 0 Å². The van der Waals surface area contributed by atoms with Gasteiger partial charge < -0.3 is 9.88 Å². The Bertz CT molecular complexity index is 1030. The van der Waals surface area contributed by atoms with Gasteiger partial charge in [-0.3, -0.25) is 9.59 Å². The number of aromatic amines is 1. The van der Waals surface area contributed by atoms with Gasteiger partial charge in [0.25, 0.3) is 5.56 Å². The molecule has 3 aromatic rings. The molecule has 0 saturated carbocycles. The van der Waals surface area contributed by atoms with E-state index in [-0.39, 0.29) is 11.5 Å². The number of aryl methyl sites for hydroxylation is 3. The third kappa shape index (κ3) is 4.11. The van der Waals surface area contributed by atoms with Gasteiger partial charge in [0.1, 0.15) is 0 Å². The maximum absolute atomic E-state index is 12.6. The van der Waals surface area contributed by atoms with Crippen LogP contribution in [0.1, 0.15) is 41.2 Å². The van der Waals surface area contributed by atoms with Gasteiger partial charge in [0.2, 0.25) is 5.91 Å². The minimum Gasteiger partial charge on any atom is -0.334 e. The lowest BCUT2D eigenvalue weighted by Crippen LogP contribution is -2.32. The van der Waals surface area contributed by atoms with E-state index in [0.717, 1.165) is 27.6 Å². The Morgan fingerprint density at radius 2 is 1.70 bits per heavy atom. The number of pyridine rings is 1. The van der Waals surface area contributed by atoms with E-state index >= 15 is 0 Å². The second kappa shape index (κ2) is 7.78. The fourth-order valence-electron chi connectivity index (χ4n) is 3.26. The molecule has 0 radical (unpaired) electrons. The molecule has 0 bridgehead atoms. The standard InChI is InChI=1S/C23H26N2O2/c1-5-21(26)25(13-18-9-6-15(2)7-10-18)14-20-12-19-11-8-16(3)17(4)22(19)24-23(20)27/h6-12H,5,13-14H2,1-4H3,(H,24,27). The quantitative estimate of drug-likeness (QED) is 0.732. The third-order valence-corrected chi connectivity index (χ3v) is 5.14. The van der Waals surface area contributed by atoms with Gasteiger partial charge in [-0.2, -0.15) is 0 Å². The van der Waals surface area contributed by atoms with E-state index in [1.54, 1.807) is 4.90 Å². The van der Waals surface area contributed by atoms with Crippen molar-refractivity contribution in [3.05, 3.63) is 80.6 Å². The monoisotopic (exact) mass is 362 g/mol. The van der Waals surface area contributed by atoms with Crippen LogP contribution in [0.4, 0.5) is 0 Å². The summed E-state index contributed by atoms with van der Waals surface area (Å²) in [5.74, 6) is 0.0372. The molecule has 0 unspecified atom stereocenters. The van der Waals surface area contributed by atoms with Gasteiger partial charge in [0.05, 0.1) is 12.1 Å². The molecule has 1 N–H and O–H groups in total. The van der Waals surface area contributed by atoms with Crippen molar-refractivity contribution < 1.29 is 4.79 Å². The zero-order valence-electron chi connectivity index (χ0n) is 16.4. The Hall–Kier alpha value is -2.88. The number of fused-ring (bicyclic) bond motifs is 1. The molecule has 1 heterocycles. The van der Waals surface area contributed by atoms with Gasteiger partial charge in [-0.05, 0) is 48.9 Å². The molecule has 1 aromatic heterocycles. The zero-order valence-corrected chi connectivity index (χ0v) is 16.4. The second-order valence-electron chi connectivity index (χ2n) is 7.18. The minimum atomic E-state index is -0.131. The van der Waals surface area contributed by atoms with Crippen LogP contribution in [0, 0.1) is 20.8 Å². The van der Waals surface area contributed by atoms with Crippen molar-refractivity contribution in [1.29, 1.82) is 0 Å². The van der Waals surface area contributed by atoms with E-state index in [2.05, 4.69) is 11.1 Å². The van der Waals surface area contributed by atoms with Crippen LogP contribution < -0.4 is 5.56 Å². The lowest BCUT2D eigenvalue weighted by atomic mass is 10.0. The number of nitrogens with zero attached hydrogens (tertiary/aromatic N) is 1. The first kappa shape index (κ1) is 18.9. The van der Waals surface area contributed by atoms with Gasteiger partial charge in [0.15, 0.2) is 0 Å². The first-order valence-corrected chi connectivity index (χ1v) is 9.34. The molecule has 3 rings (SSSR count). The molecule has 4 heteroatoms. The van der Waals surface area contributed by atoms with Crippen molar-refractivity contribution in [3.8, 4) is 0 Å². The Morgan fingerprint density at radius 1 is 1.00 bits per heavy atom. The normalized spacial score (nSPS) is 11.0. The summed E-state index contributed by atoms with van der Waals surface area (Å²) in [7, 11) is 0. The largest absolute Gasteiger partial charge is 0.334 e. The number of hydrogen-bond donors (Lipinski definition) is 1. The van der Waals surface area contributed by atoms with E-state index in [4.69, 9.17) is 0 Å². The number of benzene rings is 2. The number of nitrogens with one attached hydrogen (secondary N) is 1. The highest BCUT2D eigenvalue weighted by Gasteiger charge is 2.16. The average Bonchev–Trinajstić information content (AvgIpc) is 2.66. The van der Waals surface area contributed by atoms with E-state index in [1.807, 2.05) is 64.1 Å². The molecule has 0 spiro atoms. The van der Waals surface area contributed by atoms with Crippen LogP contribution in [-0.4, -0.2) is 15.8 Å². The molecule has 27 heavy (non-hydrogen) atoms. The molecule has 2 aromatic carbocycles. The van der Waals surface area contributed by atoms with Gasteiger partial charge in [-0.1, -0.05) is 48.9 Å². The summed E-state index contributed by atoms with van der Waals surface area (Å²) >= 11 is 0. The lowest BCUT2D eigenvalue weighted by Gasteiger charge is -2.22. The SMILES string of the molecule is CCC(=O)N(Cc1ccc(C)cc1)Cc1cc2ccc(C)c(C)c2[nH]c1=O. The molecule has 4 nitrogen and oxygen atoms in total. The Balaban J connectivity index is 1.94. The first-order valence-electron chi connectivity index (χ1n) is 9.34. The summed E-state index contributed by atoms with van der Waals surface area (Å²) in [5.41, 5.74) is 5.82. The third-order valence-electron chi connectivity index (χ3n) is 5.14. The number of carbonyl (C=O) groups excluding carboxylic acids is 1. The smallest absolute Gasteiger partial charge is 0.253 e. The lowest BCUT2D eigenvalue weighted by molar-refractivity contribution is -0.132. The number of aromatic nitrogens is 1. The topological polar surface area (TPSA) is 53.2 Å². The maximum atomic E-state index is 12.6. The summed E-state index contributed by atoms with van der Waals surface area (Å²) in [6, 6.07) is 14.1. The Kier molecular flexibility index (Phi) is 5.45. The highest BCUT2D eigenvalue weighted by molar-refractivity contribution is 5.83. The van der Waals surface area contributed by atoms with E-state index in [0.29, 0.717) is 25.1 Å². The molecular formula is C23H26N2O2. The van der Waals surface area contributed by atoms with Crippen molar-refractivity contribution in [2.24, 2.45) is 0 Å². The van der Waals surface area contributed by atoms with Crippen LogP contribution in [0.25, 0.3) is 10.9 Å². The van der Waals surface area contributed by atoms with Crippen molar-refractivity contribution in [2.45, 2.75) is 47.2 Å². The summed E-state index contributed by atoms with van der Waals surface area (Å²) in [6.45, 7) is 8.73. The summed E-state index contributed by atoms with van der Waals surface area (Å²) in [6.07, 6.45) is 0.412. The van der Waals surface area contributed by atoms with Crippen molar-refractivity contribution in [2.75, 3.05) is 0 Å². The summed E-state index contributed by atoms with van der Waals surface area (Å²) in [5, 5.41) is 0.993. The van der Waals surface area contributed by atoms with Crippen molar-refractivity contribution in [1.82, 2.24) is 9.88 Å². The fraction of sp³-hybridized carbons (Fsp3) is 0.304. The maximum Gasteiger partial charge on any atom is 0.253 e. The number of rotatable bonds is 5. The van der Waals surface area contributed by atoms with Gasteiger partial charge in [0, 0.05) is 18.5 Å². The molecule has 0 atom stereocenters. The number of H-pyrrole nitrogens is 1. The van der Waals surface area contributed by atoms with Crippen LogP contribution >= 0.6 is 0 Å². The van der Waals surface area contributed by atoms with Gasteiger partial charge in [-0.25, -0.2) is 0 Å². The van der Waals surface area contributed by atoms with Crippen LogP contribution in [0.3, 0.4) is 0 Å². The van der Waals surface area contributed by atoms with Crippen LogP contribution in [0.15, 0.2) is 47.3 Å². The Labute approximate surface area is 159 Å². The molecule has 140 valence electrons. The molecule has 1 amide bonds. The highest BCUT2D eigenvalue weighted by atomic mass is 16.2. The fourth-order valence-corrected chi connectivity index (χ4v) is 3.26. The molecular weight excluding hydrogens is 336 g/mol. The first-order chi connectivity index (χ1) is 12.9. The Morgan fingerprint density at radius 3 is 2.37 bits per heavy atom. The molecule has 0 aliphatic carbocycles. The summed E-state index contributed by atoms with van der Waals surface area (Å²) < 4.78 is 0. The summed E-state index contributed by atoms with van der Waals surface area (Å²) in [4.78, 5) is 29.9. The number of hydrogen-bond acceptors (Lipinski definition) is 2. The van der Waals surface area contributed by atoms with Crippen LogP contribution in [0.5, 0.6) is 0 Å². The van der Waals surface area contributed by atoms with E-state index < -0.39 is 0 Å². The van der Waals surface area contributed by atoms with E-state index in [1.165, 1.54) is 5.56 Å². The minimum absolute atomic E-state index is 0.0372. The van der Waals surface area contributed by atoms with Crippen LogP contribution in [0.2, 0.25) is 0 Å². The highest BCUT2D eigenvalue weighted by Crippen LogP contribution is 2.20. The molecule has 0 aliphatic heterocycles. The second-order valence-corrected chi connectivity index (χ2v) is 7.18. The van der Waals surface area contributed by atoms with Crippen molar-refractivity contribution in [3.63, 3.8) is 0 Å². The molecule has 0 saturated heterocycles. The van der Waals surface area contributed by atoms with Crippen molar-refractivity contribution >= 4 is 16.8 Å². The number of carbonyl (C=O) groups is 1.